The first-order chi connectivity index (χ1) is 17.8. The topological polar surface area (TPSA) is 76.2 Å². The van der Waals surface area contributed by atoms with Gasteiger partial charge in [-0.2, -0.15) is 5.01 Å². The minimum Gasteiger partial charge on any atom is -0.333 e. The number of urea groups is 1. The molecule has 2 aromatic rings. The van der Waals surface area contributed by atoms with E-state index in [0.717, 1.165) is 11.1 Å². The van der Waals surface area contributed by atoms with Crippen LogP contribution in [0.15, 0.2) is 60.7 Å². The van der Waals surface area contributed by atoms with Crippen molar-refractivity contribution in [2.75, 3.05) is 19.6 Å². The van der Waals surface area contributed by atoms with Gasteiger partial charge in [-0.1, -0.05) is 80.4 Å². The lowest BCUT2D eigenvalue weighted by Gasteiger charge is -2.56. The van der Waals surface area contributed by atoms with Gasteiger partial charge in [0.15, 0.2) is 0 Å². The van der Waals surface area contributed by atoms with Crippen molar-refractivity contribution in [3.05, 3.63) is 71.8 Å². The first kappa shape index (κ1) is 26.2. The number of benzene rings is 2. The lowest BCUT2D eigenvalue weighted by atomic mass is 9.95. The quantitative estimate of drug-likeness (QED) is 0.591. The maximum absolute atomic E-state index is 13.8. The predicted molar refractivity (Wildman–Crippen MR) is 141 cm³/mol. The monoisotopic (exact) mass is 501 g/mol. The van der Waals surface area contributed by atoms with Crippen molar-refractivity contribution in [2.24, 2.45) is 5.92 Å². The smallest absolute Gasteiger partial charge is 0.333 e. The highest BCUT2D eigenvalue weighted by Crippen LogP contribution is 2.33. The number of carbonyl (C=O) groups excluding carboxylic acids is 3. The second-order valence-corrected chi connectivity index (χ2v) is 10.0. The standard InChI is InChI=1S/C29H35N5O3/c1-5-16-31-20-27(35)33-25(17-21(2)3)28(36)32(22(4)24-14-10-7-11-15-24)19-26(33)34(31)29(37)30-18-23-12-8-6-9-13-23/h1,6-15,21-22,25-26H,16-20H2,2-4H3,(H,30,37)/t22-,25+,26+/m1/s1. The average Bonchev–Trinajstić information content (AvgIpc) is 2.89. The van der Waals surface area contributed by atoms with Crippen LogP contribution < -0.4 is 5.32 Å². The maximum atomic E-state index is 13.8. The third-order valence-corrected chi connectivity index (χ3v) is 6.99. The number of nitrogens with one attached hydrogen (secondary N) is 1. The highest BCUT2D eigenvalue weighted by atomic mass is 16.2. The van der Waals surface area contributed by atoms with Crippen LogP contribution in [0.3, 0.4) is 0 Å². The maximum Gasteiger partial charge on any atom is 0.334 e. The van der Waals surface area contributed by atoms with Crippen molar-refractivity contribution in [1.29, 1.82) is 0 Å². The van der Waals surface area contributed by atoms with Crippen molar-refractivity contribution in [3.63, 3.8) is 0 Å². The van der Waals surface area contributed by atoms with E-state index < -0.39 is 12.2 Å². The summed E-state index contributed by atoms with van der Waals surface area (Å²) in [4.78, 5) is 44.3. The molecule has 0 unspecified atom stereocenters. The number of fused-ring (bicyclic) bond motifs is 1. The fourth-order valence-corrected chi connectivity index (χ4v) is 5.19. The molecule has 2 aliphatic heterocycles. The largest absolute Gasteiger partial charge is 0.334 e. The van der Waals surface area contributed by atoms with Gasteiger partial charge in [0.2, 0.25) is 11.8 Å². The number of hydrazine groups is 1. The molecule has 0 saturated carbocycles. The summed E-state index contributed by atoms with van der Waals surface area (Å²) in [6.07, 6.45) is 5.47. The fraction of sp³-hybridized carbons (Fsp3) is 0.414. The molecule has 2 heterocycles. The first-order valence-corrected chi connectivity index (χ1v) is 12.8. The summed E-state index contributed by atoms with van der Waals surface area (Å²) < 4.78 is 0. The third kappa shape index (κ3) is 5.62. The molecular weight excluding hydrogens is 466 g/mol. The van der Waals surface area contributed by atoms with Gasteiger partial charge in [0.1, 0.15) is 12.2 Å². The molecule has 4 amide bonds. The summed E-state index contributed by atoms with van der Waals surface area (Å²) >= 11 is 0. The number of hydrogen-bond acceptors (Lipinski definition) is 4. The van der Waals surface area contributed by atoms with E-state index in [1.807, 2.05) is 81.4 Å². The van der Waals surface area contributed by atoms with E-state index >= 15 is 0 Å². The van der Waals surface area contributed by atoms with E-state index in [1.165, 1.54) is 0 Å². The number of carbonyl (C=O) groups is 3. The Morgan fingerprint density at radius 1 is 1.05 bits per heavy atom. The second kappa shape index (κ2) is 11.5. The van der Waals surface area contributed by atoms with Crippen LogP contribution in [0.5, 0.6) is 0 Å². The third-order valence-electron chi connectivity index (χ3n) is 6.99. The molecule has 2 fully saturated rings. The highest BCUT2D eigenvalue weighted by Gasteiger charge is 2.52. The molecule has 4 rings (SSSR count). The molecule has 0 bridgehead atoms. The van der Waals surface area contributed by atoms with Gasteiger partial charge < -0.3 is 15.1 Å². The fourth-order valence-electron chi connectivity index (χ4n) is 5.19. The Morgan fingerprint density at radius 2 is 1.70 bits per heavy atom. The minimum absolute atomic E-state index is 0.0599. The summed E-state index contributed by atoms with van der Waals surface area (Å²) in [5.74, 6) is 2.47. The summed E-state index contributed by atoms with van der Waals surface area (Å²) in [6.45, 7) is 6.62. The van der Waals surface area contributed by atoms with Crippen LogP contribution in [0, 0.1) is 18.3 Å². The molecule has 37 heavy (non-hydrogen) atoms. The number of amides is 4. The number of piperazine rings is 1. The summed E-state index contributed by atoms with van der Waals surface area (Å²) in [6, 6.07) is 18.2. The molecule has 2 saturated heterocycles. The Balaban J connectivity index is 1.69. The van der Waals surface area contributed by atoms with Crippen molar-refractivity contribution >= 4 is 17.8 Å². The summed E-state index contributed by atoms with van der Waals surface area (Å²) in [7, 11) is 0. The lowest BCUT2D eigenvalue weighted by Crippen LogP contribution is -2.76. The van der Waals surface area contributed by atoms with Crippen molar-refractivity contribution in [3.8, 4) is 12.3 Å². The second-order valence-electron chi connectivity index (χ2n) is 10.0. The number of nitrogens with zero attached hydrogens (tertiary/aromatic N) is 4. The van der Waals surface area contributed by atoms with Crippen LogP contribution in [-0.4, -0.2) is 69.5 Å². The minimum atomic E-state index is -0.669. The molecule has 0 aliphatic carbocycles. The first-order valence-electron chi connectivity index (χ1n) is 12.8. The normalized spacial score (nSPS) is 21.0. The van der Waals surface area contributed by atoms with Crippen LogP contribution in [0.4, 0.5) is 4.79 Å². The van der Waals surface area contributed by atoms with Crippen molar-refractivity contribution < 1.29 is 14.4 Å². The van der Waals surface area contributed by atoms with E-state index in [-0.39, 0.29) is 49.4 Å². The number of terminal acetylenes is 1. The zero-order valence-electron chi connectivity index (χ0n) is 21.7. The Labute approximate surface area is 219 Å². The van der Waals surface area contributed by atoms with E-state index in [4.69, 9.17) is 6.42 Å². The lowest BCUT2D eigenvalue weighted by molar-refractivity contribution is -0.191. The predicted octanol–water partition coefficient (Wildman–Crippen LogP) is 3.23. The Kier molecular flexibility index (Phi) is 8.14. The summed E-state index contributed by atoms with van der Waals surface area (Å²) in [5, 5.41) is 6.14. The zero-order chi connectivity index (χ0) is 26.5. The van der Waals surface area contributed by atoms with E-state index in [0.29, 0.717) is 13.0 Å². The molecule has 2 aliphatic rings. The van der Waals surface area contributed by atoms with Crippen molar-refractivity contribution in [2.45, 2.75) is 52.0 Å². The molecular formula is C29H35N5O3. The molecule has 3 atom stereocenters. The average molecular weight is 502 g/mol. The van der Waals surface area contributed by atoms with Crippen LogP contribution in [0.1, 0.15) is 44.4 Å². The summed E-state index contributed by atoms with van der Waals surface area (Å²) in [5.41, 5.74) is 1.95. The van der Waals surface area contributed by atoms with Gasteiger partial charge >= 0.3 is 6.03 Å². The number of hydrogen-bond donors (Lipinski definition) is 1. The van der Waals surface area contributed by atoms with Gasteiger partial charge in [-0.25, -0.2) is 9.80 Å². The van der Waals surface area contributed by atoms with Gasteiger partial charge in [-0.05, 0) is 30.4 Å². The molecule has 8 heteroatoms. The number of rotatable bonds is 7. The van der Waals surface area contributed by atoms with Gasteiger partial charge in [0.25, 0.3) is 0 Å². The van der Waals surface area contributed by atoms with Crippen LogP contribution in [-0.2, 0) is 16.1 Å². The van der Waals surface area contributed by atoms with Crippen LogP contribution in [0.2, 0.25) is 0 Å². The van der Waals surface area contributed by atoms with Crippen molar-refractivity contribution in [1.82, 2.24) is 25.1 Å². The van der Waals surface area contributed by atoms with E-state index in [2.05, 4.69) is 11.2 Å². The highest BCUT2D eigenvalue weighted by molar-refractivity contribution is 5.91. The Bertz CT molecular complexity index is 1150. The molecule has 0 spiro atoms. The SMILES string of the molecule is C#CCN1CC(=O)N2[C@@H](CC(C)C)C(=O)N([C@H](C)c3ccccc3)C[C@@H]2N1C(=O)NCc1ccccc1. The zero-order valence-corrected chi connectivity index (χ0v) is 21.7. The Hall–Kier alpha value is -3.83. The van der Waals surface area contributed by atoms with Gasteiger partial charge in [0.05, 0.1) is 25.7 Å². The van der Waals surface area contributed by atoms with Gasteiger partial charge in [-0.3, -0.25) is 9.59 Å². The van der Waals surface area contributed by atoms with Gasteiger partial charge in [0, 0.05) is 6.54 Å². The Morgan fingerprint density at radius 3 is 2.32 bits per heavy atom. The molecule has 1 N–H and O–H groups in total. The molecule has 0 aromatic heterocycles. The molecule has 8 nitrogen and oxygen atoms in total. The molecule has 2 aromatic carbocycles. The van der Waals surface area contributed by atoms with Crippen LogP contribution >= 0.6 is 0 Å². The van der Waals surface area contributed by atoms with Gasteiger partial charge in [-0.15, -0.1) is 6.42 Å². The molecule has 194 valence electrons. The van der Waals surface area contributed by atoms with E-state index in [9.17, 15) is 14.4 Å². The van der Waals surface area contributed by atoms with E-state index in [1.54, 1.807) is 19.8 Å². The molecule has 0 radical (unpaired) electrons. The van der Waals surface area contributed by atoms with Crippen LogP contribution in [0.25, 0.3) is 0 Å².